The Morgan fingerprint density at radius 1 is 0.958 bits per heavy atom. The van der Waals surface area contributed by atoms with Crippen molar-refractivity contribution in [1.29, 1.82) is 0 Å². The fourth-order valence-corrected chi connectivity index (χ4v) is 2.30. The Bertz CT molecular complexity index is 441. The highest BCUT2D eigenvalue weighted by Gasteiger charge is 2.47. The molecule has 0 aromatic carbocycles. The molecular weight excluding hydrogens is 322 g/mol. The molecule has 4 atom stereocenters. The Labute approximate surface area is 140 Å². The van der Waals surface area contributed by atoms with Crippen molar-refractivity contribution >= 4 is 17.9 Å². The Morgan fingerprint density at radius 3 is 2.08 bits per heavy atom. The molecule has 1 aliphatic rings. The van der Waals surface area contributed by atoms with Crippen LogP contribution in [0.1, 0.15) is 33.6 Å². The molecule has 0 amide bonds. The van der Waals surface area contributed by atoms with E-state index in [1.54, 1.807) is 0 Å². The van der Waals surface area contributed by atoms with Gasteiger partial charge in [0.25, 0.3) is 0 Å². The SMILES string of the molecule is CC(=O)O[C@H]1[C@@H](OC(C)=O)COC(OCCCCN)[C@@H]1OC(C)=O. The van der Waals surface area contributed by atoms with Gasteiger partial charge in [-0.1, -0.05) is 0 Å². The van der Waals surface area contributed by atoms with Crippen molar-refractivity contribution in [3.63, 3.8) is 0 Å². The summed E-state index contributed by atoms with van der Waals surface area (Å²) in [5.74, 6) is -1.76. The summed E-state index contributed by atoms with van der Waals surface area (Å²) in [5, 5.41) is 0. The van der Waals surface area contributed by atoms with E-state index in [9.17, 15) is 14.4 Å². The molecule has 138 valence electrons. The lowest BCUT2D eigenvalue weighted by molar-refractivity contribution is -0.281. The van der Waals surface area contributed by atoms with Gasteiger partial charge in [0.15, 0.2) is 24.6 Å². The number of carbonyl (C=O) groups excluding carboxylic acids is 3. The van der Waals surface area contributed by atoms with E-state index in [0.29, 0.717) is 19.6 Å². The van der Waals surface area contributed by atoms with Crippen LogP contribution < -0.4 is 5.73 Å². The first-order chi connectivity index (χ1) is 11.3. The fraction of sp³-hybridized carbons (Fsp3) is 0.800. The van der Waals surface area contributed by atoms with Crippen LogP contribution >= 0.6 is 0 Å². The third-order valence-electron chi connectivity index (χ3n) is 3.19. The first-order valence-corrected chi connectivity index (χ1v) is 7.80. The third-order valence-corrected chi connectivity index (χ3v) is 3.19. The van der Waals surface area contributed by atoms with Crippen molar-refractivity contribution in [1.82, 2.24) is 0 Å². The molecule has 0 bridgehead atoms. The van der Waals surface area contributed by atoms with E-state index in [0.717, 1.165) is 6.42 Å². The average molecular weight is 347 g/mol. The number of hydrogen-bond donors (Lipinski definition) is 1. The van der Waals surface area contributed by atoms with Crippen LogP contribution in [-0.4, -0.2) is 62.3 Å². The molecule has 1 rings (SSSR count). The van der Waals surface area contributed by atoms with Crippen LogP contribution in [0.15, 0.2) is 0 Å². The fourth-order valence-electron chi connectivity index (χ4n) is 2.30. The molecular formula is C15H25NO8. The van der Waals surface area contributed by atoms with Crippen molar-refractivity contribution in [2.75, 3.05) is 19.8 Å². The summed E-state index contributed by atoms with van der Waals surface area (Å²) in [6.45, 7) is 4.48. The summed E-state index contributed by atoms with van der Waals surface area (Å²) in [4.78, 5) is 34.0. The number of rotatable bonds is 8. The third kappa shape index (κ3) is 6.81. The summed E-state index contributed by atoms with van der Waals surface area (Å²) in [6.07, 6.45) is -2.39. The van der Waals surface area contributed by atoms with E-state index in [2.05, 4.69) is 0 Å². The van der Waals surface area contributed by atoms with Gasteiger partial charge >= 0.3 is 17.9 Å². The van der Waals surface area contributed by atoms with Crippen molar-refractivity contribution in [3.8, 4) is 0 Å². The molecule has 0 spiro atoms. The highest BCUT2D eigenvalue weighted by Crippen LogP contribution is 2.25. The first kappa shape index (κ1) is 20.3. The van der Waals surface area contributed by atoms with Gasteiger partial charge in [-0.15, -0.1) is 0 Å². The van der Waals surface area contributed by atoms with Crippen LogP contribution in [-0.2, 0) is 38.1 Å². The Hall–Kier alpha value is -1.71. The second-order valence-corrected chi connectivity index (χ2v) is 5.36. The molecule has 0 aromatic rings. The van der Waals surface area contributed by atoms with Crippen LogP contribution in [0, 0.1) is 0 Å². The van der Waals surface area contributed by atoms with Gasteiger partial charge < -0.3 is 29.4 Å². The molecule has 2 N–H and O–H groups in total. The van der Waals surface area contributed by atoms with E-state index in [1.165, 1.54) is 20.8 Å². The monoisotopic (exact) mass is 347 g/mol. The maximum atomic E-state index is 11.4. The second kappa shape index (κ2) is 10.2. The topological polar surface area (TPSA) is 123 Å². The number of ether oxygens (including phenoxy) is 5. The quantitative estimate of drug-likeness (QED) is 0.364. The highest BCUT2D eigenvalue weighted by molar-refractivity contribution is 5.68. The van der Waals surface area contributed by atoms with Gasteiger partial charge in [0.1, 0.15) is 0 Å². The number of nitrogens with two attached hydrogens (primary N) is 1. The van der Waals surface area contributed by atoms with Gasteiger partial charge in [-0.25, -0.2) is 0 Å². The zero-order valence-electron chi connectivity index (χ0n) is 14.2. The lowest BCUT2D eigenvalue weighted by Gasteiger charge is -2.40. The van der Waals surface area contributed by atoms with Crippen LogP contribution in [0.3, 0.4) is 0 Å². The normalized spacial score (nSPS) is 26.5. The predicted molar refractivity (Wildman–Crippen MR) is 80.6 cm³/mol. The minimum Gasteiger partial charge on any atom is -0.456 e. The maximum absolute atomic E-state index is 11.4. The molecule has 0 aromatic heterocycles. The molecule has 1 aliphatic heterocycles. The summed E-state index contributed by atoms with van der Waals surface area (Å²) >= 11 is 0. The lowest BCUT2D eigenvalue weighted by Crippen LogP contribution is -2.58. The number of hydrogen-bond acceptors (Lipinski definition) is 9. The van der Waals surface area contributed by atoms with Crippen LogP contribution in [0.2, 0.25) is 0 Å². The van der Waals surface area contributed by atoms with E-state index in [1.807, 2.05) is 0 Å². The highest BCUT2D eigenvalue weighted by atomic mass is 16.7. The molecule has 1 saturated heterocycles. The van der Waals surface area contributed by atoms with Crippen LogP contribution in [0.4, 0.5) is 0 Å². The number of esters is 3. The number of carbonyl (C=O) groups is 3. The van der Waals surface area contributed by atoms with Crippen molar-refractivity contribution < 1.29 is 38.1 Å². The van der Waals surface area contributed by atoms with E-state index >= 15 is 0 Å². The lowest BCUT2D eigenvalue weighted by atomic mass is 10.0. The van der Waals surface area contributed by atoms with Gasteiger partial charge in [-0.2, -0.15) is 0 Å². The first-order valence-electron chi connectivity index (χ1n) is 7.80. The largest absolute Gasteiger partial charge is 0.456 e. The molecule has 1 unspecified atom stereocenters. The van der Waals surface area contributed by atoms with Crippen molar-refractivity contribution in [2.45, 2.75) is 58.2 Å². The van der Waals surface area contributed by atoms with Crippen LogP contribution in [0.25, 0.3) is 0 Å². The summed E-state index contributed by atoms with van der Waals surface area (Å²) < 4.78 is 26.6. The average Bonchev–Trinajstić information content (AvgIpc) is 2.47. The summed E-state index contributed by atoms with van der Waals surface area (Å²) in [7, 11) is 0. The van der Waals surface area contributed by atoms with E-state index in [-0.39, 0.29) is 6.61 Å². The Balaban J connectivity index is 2.86. The molecule has 0 aliphatic carbocycles. The van der Waals surface area contributed by atoms with Gasteiger partial charge in [0, 0.05) is 27.4 Å². The summed E-state index contributed by atoms with van der Waals surface area (Å²) in [5.41, 5.74) is 5.42. The molecule has 24 heavy (non-hydrogen) atoms. The minimum absolute atomic E-state index is 0.0448. The number of unbranched alkanes of at least 4 members (excludes halogenated alkanes) is 1. The van der Waals surface area contributed by atoms with E-state index in [4.69, 9.17) is 29.4 Å². The van der Waals surface area contributed by atoms with Gasteiger partial charge in [0.2, 0.25) is 0 Å². The van der Waals surface area contributed by atoms with Gasteiger partial charge in [-0.3, -0.25) is 14.4 Å². The van der Waals surface area contributed by atoms with E-state index < -0.39 is 42.5 Å². The molecule has 0 saturated carbocycles. The summed E-state index contributed by atoms with van der Waals surface area (Å²) in [6, 6.07) is 0. The predicted octanol–water partition coefficient (Wildman–Crippen LogP) is -0.107. The molecule has 0 radical (unpaired) electrons. The second-order valence-electron chi connectivity index (χ2n) is 5.36. The standard InChI is InChI=1S/C15H25NO8/c1-9(17)22-12-8-21-15(20-7-5-4-6-16)14(24-11(3)19)13(12)23-10(2)18/h12-15H,4-8,16H2,1-3H3/t12-,13-,14+,15?/m0/s1. The molecule has 9 nitrogen and oxygen atoms in total. The zero-order valence-corrected chi connectivity index (χ0v) is 14.2. The van der Waals surface area contributed by atoms with Crippen LogP contribution in [0.5, 0.6) is 0 Å². The smallest absolute Gasteiger partial charge is 0.303 e. The molecule has 9 heteroatoms. The minimum atomic E-state index is -1.04. The van der Waals surface area contributed by atoms with Gasteiger partial charge in [-0.05, 0) is 19.4 Å². The van der Waals surface area contributed by atoms with Gasteiger partial charge in [0.05, 0.1) is 6.61 Å². The Morgan fingerprint density at radius 2 is 1.54 bits per heavy atom. The zero-order chi connectivity index (χ0) is 18.1. The Kier molecular flexibility index (Phi) is 8.66. The molecule has 1 fully saturated rings. The van der Waals surface area contributed by atoms with Crippen molar-refractivity contribution in [3.05, 3.63) is 0 Å². The maximum Gasteiger partial charge on any atom is 0.303 e. The van der Waals surface area contributed by atoms with Crippen molar-refractivity contribution in [2.24, 2.45) is 5.73 Å². The molecule has 1 heterocycles.